The number of halogens is 1. The van der Waals surface area contributed by atoms with Crippen molar-refractivity contribution in [2.75, 3.05) is 0 Å². The van der Waals surface area contributed by atoms with E-state index in [9.17, 15) is 9.18 Å². The molecule has 0 radical (unpaired) electrons. The monoisotopic (exact) mass is 305 g/mol. The van der Waals surface area contributed by atoms with Gasteiger partial charge in [0.1, 0.15) is 22.1 Å². The highest BCUT2D eigenvalue weighted by molar-refractivity contribution is 7.14. The summed E-state index contributed by atoms with van der Waals surface area (Å²) in [5.74, 6) is -1.25. The Morgan fingerprint density at radius 2 is 2.24 bits per heavy atom. The van der Waals surface area contributed by atoms with Crippen molar-refractivity contribution in [3.05, 3.63) is 52.9 Å². The van der Waals surface area contributed by atoms with Gasteiger partial charge in [0, 0.05) is 5.56 Å². The molecule has 21 heavy (non-hydrogen) atoms. The lowest BCUT2D eigenvalue weighted by molar-refractivity contribution is 0.0690. The van der Waals surface area contributed by atoms with Crippen LogP contribution < -0.4 is 0 Å². The molecule has 0 aliphatic heterocycles. The van der Waals surface area contributed by atoms with Gasteiger partial charge >= 0.3 is 5.97 Å². The Morgan fingerprint density at radius 1 is 1.38 bits per heavy atom. The average Bonchev–Trinajstić information content (AvgIpc) is 3.08. The van der Waals surface area contributed by atoms with Crippen molar-refractivity contribution in [3.8, 4) is 10.6 Å². The third-order valence-corrected chi connectivity index (χ3v) is 3.58. The largest absolute Gasteiger partial charge is 0.476 e. The molecule has 1 aromatic carbocycles. The maximum absolute atomic E-state index is 13.2. The number of carboxylic acid groups (broad SMARTS) is 1. The molecule has 106 valence electrons. The first kappa shape index (κ1) is 13.4. The highest BCUT2D eigenvalue weighted by atomic mass is 32.1. The zero-order valence-corrected chi connectivity index (χ0v) is 11.3. The molecule has 3 rings (SSSR count). The summed E-state index contributed by atoms with van der Waals surface area (Å²) in [4.78, 5) is 14.5. The van der Waals surface area contributed by atoms with Crippen molar-refractivity contribution in [3.63, 3.8) is 0 Å². The summed E-state index contributed by atoms with van der Waals surface area (Å²) < 4.78 is 18.2. The van der Waals surface area contributed by atoms with Crippen LogP contribution in [0, 0.1) is 5.82 Å². The zero-order chi connectivity index (χ0) is 14.8. The smallest absolute Gasteiger partial charge is 0.357 e. The lowest BCUT2D eigenvalue weighted by Crippen LogP contribution is -1.97. The molecule has 0 amide bonds. The fraction of sp³-hybridized carbons (Fsp3) is 0.0769. The quantitative estimate of drug-likeness (QED) is 0.797. The number of rotatable bonds is 4. The topological polar surface area (TPSA) is 89.1 Å². The van der Waals surface area contributed by atoms with Gasteiger partial charge in [-0.25, -0.2) is 14.2 Å². The van der Waals surface area contributed by atoms with E-state index in [0.29, 0.717) is 15.6 Å². The van der Waals surface area contributed by atoms with Crippen LogP contribution in [0.4, 0.5) is 4.39 Å². The van der Waals surface area contributed by atoms with Crippen LogP contribution in [0.1, 0.15) is 21.4 Å². The number of oxazole rings is 1. The van der Waals surface area contributed by atoms with E-state index in [2.05, 4.69) is 15.2 Å². The first-order chi connectivity index (χ1) is 10.1. The maximum atomic E-state index is 13.2. The minimum Gasteiger partial charge on any atom is -0.476 e. The van der Waals surface area contributed by atoms with Crippen molar-refractivity contribution in [1.82, 2.24) is 15.2 Å². The third kappa shape index (κ3) is 2.95. The average molecular weight is 305 g/mol. The van der Waals surface area contributed by atoms with Crippen LogP contribution in [0.5, 0.6) is 0 Å². The number of nitrogens with zero attached hydrogens (tertiary/aromatic N) is 3. The molecule has 8 heteroatoms. The molecule has 0 unspecified atom stereocenters. The Labute approximate surface area is 121 Å². The molecular formula is C13H8FN3O3S. The fourth-order valence-electron chi connectivity index (χ4n) is 1.68. The molecule has 0 bridgehead atoms. The van der Waals surface area contributed by atoms with Gasteiger partial charge in [-0.05, 0) is 12.1 Å². The lowest BCUT2D eigenvalue weighted by atomic mass is 10.2. The number of benzene rings is 1. The first-order valence-corrected chi connectivity index (χ1v) is 6.69. The van der Waals surface area contributed by atoms with E-state index in [0.717, 1.165) is 6.26 Å². The lowest BCUT2D eigenvalue weighted by Gasteiger charge is -1.93. The third-order valence-electron chi connectivity index (χ3n) is 2.61. The fourth-order valence-corrected chi connectivity index (χ4v) is 2.51. The van der Waals surface area contributed by atoms with Gasteiger partial charge in [-0.15, -0.1) is 10.2 Å². The normalized spacial score (nSPS) is 10.7. The number of carboxylic acids is 1. The first-order valence-electron chi connectivity index (χ1n) is 5.88. The second-order valence-electron chi connectivity index (χ2n) is 4.12. The molecule has 0 atom stereocenters. The summed E-state index contributed by atoms with van der Waals surface area (Å²) in [5, 5.41) is 17.9. The predicted octanol–water partition coefficient (Wildman–Crippen LogP) is 2.62. The summed E-state index contributed by atoms with van der Waals surface area (Å²) in [6.45, 7) is 0. The van der Waals surface area contributed by atoms with Gasteiger partial charge in [0.05, 0.1) is 6.42 Å². The molecule has 0 aliphatic carbocycles. The number of aromatic nitrogens is 3. The van der Waals surface area contributed by atoms with Gasteiger partial charge in [-0.3, -0.25) is 0 Å². The number of hydrogen-bond donors (Lipinski definition) is 1. The Morgan fingerprint density at radius 3 is 2.95 bits per heavy atom. The Balaban J connectivity index is 1.80. The Kier molecular flexibility index (Phi) is 3.44. The number of hydrogen-bond acceptors (Lipinski definition) is 6. The molecule has 0 spiro atoms. The van der Waals surface area contributed by atoms with E-state index in [1.165, 1.54) is 23.5 Å². The van der Waals surface area contributed by atoms with Gasteiger partial charge in [-0.2, -0.15) is 0 Å². The molecule has 2 heterocycles. The van der Waals surface area contributed by atoms with E-state index in [1.54, 1.807) is 12.1 Å². The summed E-state index contributed by atoms with van der Waals surface area (Å²) in [6, 6.07) is 6.06. The van der Waals surface area contributed by atoms with Crippen LogP contribution in [-0.2, 0) is 6.42 Å². The molecule has 1 N–H and O–H groups in total. The Bertz CT molecular complexity index is 799. The molecule has 0 aliphatic rings. The van der Waals surface area contributed by atoms with E-state index in [1.807, 2.05) is 0 Å². The second kappa shape index (κ2) is 5.41. The second-order valence-corrected chi connectivity index (χ2v) is 5.18. The van der Waals surface area contributed by atoms with Crippen molar-refractivity contribution < 1.29 is 18.7 Å². The van der Waals surface area contributed by atoms with Crippen molar-refractivity contribution in [2.24, 2.45) is 0 Å². The van der Waals surface area contributed by atoms with Gasteiger partial charge in [0.25, 0.3) is 0 Å². The SMILES string of the molecule is O=C(O)c1coc(Cc2nnc(-c3cccc(F)c3)s2)n1. The summed E-state index contributed by atoms with van der Waals surface area (Å²) in [5.41, 5.74) is 0.484. The zero-order valence-electron chi connectivity index (χ0n) is 10.5. The number of carbonyl (C=O) groups is 1. The predicted molar refractivity (Wildman–Crippen MR) is 71.6 cm³/mol. The highest BCUT2D eigenvalue weighted by Gasteiger charge is 2.14. The minimum atomic E-state index is -1.15. The van der Waals surface area contributed by atoms with Gasteiger partial charge in [0.2, 0.25) is 5.89 Å². The highest BCUT2D eigenvalue weighted by Crippen LogP contribution is 2.25. The summed E-state index contributed by atoms with van der Waals surface area (Å²) in [7, 11) is 0. The van der Waals surface area contributed by atoms with Crippen LogP contribution in [0.25, 0.3) is 10.6 Å². The van der Waals surface area contributed by atoms with Crippen LogP contribution >= 0.6 is 11.3 Å². The molecule has 6 nitrogen and oxygen atoms in total. The van der Waals surface area contributed by atoms with Gasteiger partial charge in [0.15, 0.2) is 5.69 Å². The minimum absolute atomic E-state index is 0.153. The van der Waals surface area contributed by atoms with E-state index in [4.69, 9.17) is 9.52 Å². The summed E-state index contributed by atoms with van der Waals surface area (Å²) >= 11 is 1.27. The van der Waals surface area contributed by atoms with Crippen molar-refractivity contribution in [1.29, 1.82) is 0 Å². The standard InChI is InChI=1S/C13H8FN3O3S/c14-8-3-1-2-7(4-8)12-17-16-11(21-12)5-10-15-9(6-20-10)13(18)19/h1-4,6H,5H2,(H,18,19). The Hall–Kier alpha value is -2.61. The molecule has 0 fully saturated rings. The number of aromatic carboxylic acids is 1. The van der Waals surface area contributed by atoms with Crippen LogP contribution in [-0.4, -0.2) is 26.3 Å². The van der Waals surface area contributed by atoms with E-state index < -0.39 is 5.97 Å². The molecule has 0 saturated carbocycles. The molecular weight excluding hydrogens is 297 g/mol. The van der Waals surface area contributed by atoms with Gasteiger partial charge < -0.3 is 9.52 Å². The van der Waals surface area contributed by atoms with Crippen molar-refractivity contribution in [2.45, 2.75) is 6.42 Å². The van der Waals surface area contributed by atoms with Crippen LogP contribution in [0.3, 0.4) is 0 Å². The van der Waals surface area contributed by atoms with E-state index in [-0.39, 0.29) is 23.8 Å². The molecule has 0 saturated heterocycles. The van der Waals surface area contributed by atoms with Gasteiger partial charge in [-0.1, -0.05) is 23.5 Å². The van der Waals surface area contributed by atoms with Crippen molar-refractivity contribution >= 4 is 17.3 Å². The summed E-state index contributed by atoms with van der Waals surface area (Å²) in [6.07, 6.45) is 1.31. The van der Waals surface area contributed by atoms with Crippen LogP contribution in [0.15, 0.2) is 34.9 Å². The molecule has 3 aromatic rings. The molecule has 2 aromatic heterocycles. The maximum Gasteiger partial charge on any atom is 0.357 e. The van der Waals surface area contributed by atoms with E-state index >= 15 is 0 Å². The van der Waals surface area contributed by atoms with Crippen LogP contribution in [0.2, 0.25) is 0 Å².